The molecule has 0 aliphatic carbocycles. The molecule has 27 heavy (non-hydrogen) atoms. The van der Waals surface area contributed by atoms with E-state index < -0.39 is 23.0 Å². The minimum absolute atomic E-state index is 0.0434. The summed E-state index contributed by atoms with van der Waals surface area (Å²) < 4.78 is 42.3. The van der Waals surface area contributed by atoms with Crippen molar-refractivity contribution in [2.24, 2.45) is 0 Å². The normalized spacial score (nSPS) is 11.1. The van der Waals surface area contributed by atoms with E-state index in [1.54, 1.807) is 0 Å². The Morgan fingerprint density at radius 3 is 2.41 bits per heavy atom. The summed E-state index contributed by atoms with van der Waals surface area (Å²) in [5, 5.41) is 12.8. The Balaban J connectivity index is 2.08. The molecule has 8 heteroatoms. The number of halogens is 4. The molecule has 4 nitrogen and oxygen atoms in total. The van der Waals surface area contributed by atoms with Gasteiger partial charge in [0.25, 0.3) is 5.69 Å². The van der Waals surface area contributed by atoms with Crippen LogP contribution in [0.25, 0.3) is 33.4 Å². The van der Waals surface area contributed by atoms with E-state index >= 15 is 0 Å². The summed E-state index contributed by atoms with van der Waals surface area (Å²) in [4.78, 5) is 8.21. The average molecular weight is 388 g/mol. The van der Waals surface area contributed by atoms with Gasteiger partial charge in [-0.15, -0.1) is 0 Å². The highest BCUT2D eigenvalue weighted by Gasteiger charge is 2.25. The van der Waals surface area contributed by atoms with E-state index in [-0.39, 0.29) is 16.2 Å². The largest absolute Gasteiger partial charge is 0.618 e. The zero-order valence-corrected chi connectivity index (χ0v) is 14.2. The molecule has 0 N–H and O–H groups in total. The number of pyridine rings is 1. The summed E-state index contributed by atoms with van der Waals surface area (Å²) in [6, 6.07) is 8.49. The molecule has 134 valence electrons. The standard InChI is InChI=1S/C19H9ClF3N3O/c20-13-8-10(21)4-5-11(13)17-12-6-7-26(27)19(18(12)25-9-24-17)16-14(22)2-1-3-15(16)23/h1-9H. The first-order chi connectivity index (χ1) is 13.0. The van der Waals surface area contributed by atoms with E-state index in [4.69, 9.17) is 11.6 Å². The lowest BCUT2D eigenvalue weighted by molar-refractivity contribution is -0.592. The van der Waals surface area contributed by atoms with Crippen molar-refractivity contribution in [2.45, 2.75) is 0 Å². The molecule has 0 radical (unpaired) electrons. The Bertz CT molecular complexity index is 1180. The van der Waals surface area contributed by atoms with Crippen molar-refractivity contribution >= 4 is 22.5 Å². The molecule has 4 aromatic rings. The molecule has 2 aromatic carbocycles. The number of aromatic nitrogens is 3. The fourth-order valence-electron chi connectivity index (χ4n) is 2.91. The van der Waals surface area contributed by atoms with Crippen LogP contribution in [0.5, 0.6) is 0 Å². The first-order valence-corrected chi connectivity index (χ1v) is 8.12. The summed E-state index contributed by atoms with van der Waals surface area (Å²) in [5.41, 5.74) is -0.0301. The van der Waals surface area contributed by atoms with Gasteiger partial charge in [0.15, 0.2) is 6.20 Å². The Hall–Kier alpha value is -3.19. The van der Waals surface area contributed by atoms with E-state index in [2.05, 4.69) is 9.97 Å². The van der Waals surface area contributed by atoms with Crippen molar-refractivity contribution in [3.05, 3.63) is 82.7 Å². The van der Waals surface area contributed by atoms with Gasteiger partial charge in [0, 0.05) is 17.0 Å². The lowest BCUT2D eigenvalue weighted by atomic mass is 10.0. The van der Waals surface area contributed by atoms with Crippen LogP contribution in [0.1, 0.15) is 0 Å². The molecule has 2 aromatic heterocycles. The topological polar surface area (TPSA) is 52.7 Å². The van der Waals surface area contributed by atoms with E-state index in [9.17, 15) is 18.4 Å². The minimum Gasteiger partial charge on any atom is -0.618 e. The van der Waals surface area contributed by atoms with Crippen molar-refractivity contribution < 1.29 is 17.9 Å². The Morgan fingerprint density at radius 1 is 0.963 bits per heavy atom. The second kappa shape index (κ2) is 6.51. The highest BCUT2D eigenvalue weighted by atomic mass is 35.5. The molecule has 0 unspecified atom stereocenters. The van der Waals surface area contributed by atoms with Crippen molar-refractivity contribution in [1.82, 2.24) is 9.97 Å². The van der Waals surface area contributed by atoms with E-state index in [0.29, 0.717) is 21.4 Å². The maximum absolute atomic E-state index is 14.3. The van der Waals surface area contributed by atoms with E-state index in [1.165, 1.54) is 24.3 Å². The third kappa shape index (κ3) is 2.86. The van der Waals surface area contributed by atoms with E-state index in [1.807, 2.05) is 0 Å². The molecule has 0 saturated heterocycles. The minimum atomic E-state index is -0.896. The van der Waals surface area contributed by atoms with Crippen LogP contribution in [0, 0.1) is 22.7 Å². The zero-order chi connectivity index (χ0) is 19.1. The zero-order valence-electron chi connectivity index (χ0n) is 13.5. The maximum Gasteiger partial charge on any atom is 0.256 e. The van der Waals surface area contributed by atoms with Gasteiger partial charge in [-0.25, -0.2) is 23.1 Å². The quantitative estimate of drug-likeness (QED) is 0.371. The molecule has 0 amide bonds. The Labute approximate surface area is 156 Å². The van der Waals surface area contributed by atoms with Crippen LogP contribution in [0.15, 0.2) is 55.0 Å². The number of benzene rings is 2. The molecule has 0 atom stereocenters. The molecular weight excluding hydrogens is 379 g/mol. The van der Waals surface area contributed by atoms with Crippen molar-refractivity contribution in [3.8, 4) is 22.5 Å². The summed E-state index contributed by atoms with van der Waals surface area (Å²) in [5.74, 6) is -2.31. The van der Waals surface area contributed by atoms with Crippen LogP contribution in [0.2, 0.25) is 5.02 Å². The third-order valence-corrected chi connectivity index (χ3v) is 4.40. The third-order valence-electron chi connectivity index (χ3n) is 4.09. The maximum atomic E-state index is 14.3. The highest BCUT2D eigenvalue weighted by Crippen LogP contribution is 2.35. The fraction of sp³-hybridized carbons (Fsp3) is 0. The molecule has 0 saturated carbocycles. The molecule has 0 bridgehead atoms. The average Bonchev–Trinajstić information content (AvgIpc) is 2.63. The number of hydrogen-bond acceptors (Lipinski definition) is 3. The summed E-state index contributed by atoms with van der Waals surface area (Å²) >= 11 is 6.12. The van der Waals surface area contributed by atoms with Crippen LogP contribution in [0.4, 0.5) is 13.2 Å². The highest BCUT2D eigenvalue weighted by molar-refractivity contribution is 6.33. The van der Waals surface area contributed by atoms with Gasteiger partial charge in [-0.05, 0) is 30.3 Å². The predicted molar refractivity (Wildman–Crippen MR) is 94.3 cm³/mol. The van der Waals surface area contributed by atoms with Gasteiger partial charge >= 0.3 is 0 Å². The van der Waals surface area contributed by atoms with Crippen LogP contribution < -0.4 is 4.73 Å². The Kier molecular flexibility index (Phi) is 4.16. The monoisotopic (exact) mass is 387 g/mol. The van der Waals surface area contributed by atoms with Gasteiger partial charge in [0.1, 0.15) is 34.9 Å². The molecule has 2 heterocycles. The van der Waals surface area contributed by atoms with Crippen molar-refractivity contribution in [3.63, 3.8) is 0 Å². The molecule has 0 fully saturated rings. The summed E-state index contributed by atoms with van der Waals surface area (Å²) in [7, 11) is 0. The predicted octanol–water partition coefficient (Wildman–Crippen LogP) is 4.67. The summed E-state index contributed by atoms with van der Waals surface area (Å²) in [6.07, 6.45) is 2.26. The smallest absolute Gasteiger partial charge is 0.256 e. The van der Waals surface area contributed by atoms with Crippen LogP contribution >= 0.6 is 11.6 Å². The van der Waals surface area contributed by atoms with Gasteiger partial charge in [-0.3, -0.25) is 0 Å². The lowest BCUT2D eigenvalue weighted by Crippen LogP contribution is -2.29. The second-order valence-corrected chi connectivity index (χ2v) is 6.10. The van der Waals surface area contributed by atoms with Gasteiger partial charge in [0.2, 0.25) is 0 Å². The number of nitrogens with zero attached hydrogens (tertiary/aromatic N) is 3. The molecule has 0 aliphatic heterocycles. The van der Waals surface area contributed by atoms with Crippen molar-refractivity contribution in [2.75, 3.05) is 0 Å². The van der Waals surface area contributed by atoms with E-state index in [0.717, 1.165) is 30.7 Å². The fourth-order valence-corrected chi connectivity index (χ4v) is 3.17. The molecular formula is C19H9ClF3N3O. The molecule has 0 aliphatic rings. The Morgan fingerprint density at radius 2 is 1.70 bits per heavy atom. The first-order valence-electron chi connectivity index (χ1n) is 7.74. The molecule has 0 spiro atoms. The van der Waals surface area contributed by atoms with Gasteiger partial charge < -0.3 is 5.21 Å². The first kappa shape index (κ1) is 17.2. The summed E-state index contributed by atoms with van der Waals surface area (Å²) in [6.45, 7) is 0. The van der Waals surface area contributed by atoms with Crippen LogP contribution in [-0.4, -0.2) is 9.97 Å². The number of fused-ring (bicyclic) bond motifs is 1. The SMILES string of the molecule is [O-][n+]1ccc2c(-c3ccc(F)cc3Cl)ncnc2c1-c1c(F)cccc1F. The number of hydrogen-bond donors (Lipinski definition) is 0. The van der Waals surface area contributed by atoms with Crippen molar-refractivity contribution in [1.29, 1.82) is 0 Å². The van der Waals surface area contributed by atoms with Gasteiger partial charge in [-0.1, -0.05) is 17.7 Å². The molecule has 4 rings (SSSR count). The van der Waals surface area contributed by atoms with Crippen LogP contribution in [0.3, 0.4) is 0 Å². The second-order valence-electron chi connectivity index (χ2n) is 5.70. The lowest BCUT2D eigenvalue weighted by Gasteiger charge is -2.11. The number of rotatable bonds is 2. The van der Waals surface area contributed by atoms with Crippen LogP contribution in [-0.2, 0) is 0 Å². The van der Waals surface area contributed by atoms with Gasteiger partial charge in [0.05, 0.1) is 10.7 Å². The van der Waals surface area contributed by atoms with Gasteiger partial charge in [-0.2, -0.15) is 4.73 Å².